The number of hydrogen-bond acceptors (Lipinski definition) is 2. The lowest BCUT2D eigenvalue weighted by molar-refractivity contribution is -0.124. The number of carbonyl (C=O) groups excluding carboxylic acids is 1. The van der Waals surface area contributed by atoms with Crippen LogP contribution in [0.25, 0.3) is 0 Å². The van der Waals surface area contributed by atoms with Gasteiger partial charge in [-0.3, -0.25) is 4.79 Å². The summed E-state index contributed by atoms with van der Waals surface area (Å²) in [5, 5.41) is 2.95. The molecule has 1 rings (SSSR count). The molecule has 100 valence electrons. The van der Waals surface area contributed by atoms with Crippen LogP contribution in [-0.4, -0.2) is 11.9 Å². The molecule has 18 heavy (non-hydrogen) atoms. The molecule has 0 spiro atoms. The molecule has 1 unspecified atom stereocenters. The molecule has 1 aromatic carbocycles. The minimum absolute atomic E-state index is 0.0271. The molecule has 3 atom stereocenters. The van der Waals surface area contributed by atoms with Gasteiger partial charge < -0.3 is 11.1 Å². The fourth-order valence-electron chi connectivity index (χ4n) is 1.66. The van der Waals surface area contributed by atoms with Gasteiger partial charge in [-0.25, -0.2) is 0 Å². The molecule has 1 aromatic rings. The predicted molar refractivity (Wildman–Crippen MR) is 78.1 cm³/mol. The average molecular weight is 313 g/mol. The molecule has 0 saturated heterocycles. The zero-order valence-electron chi connectivity index (χ0n) is 11.1. The molecular formula is C14H21BrN2O. The van der Waals surface area contributed by atoms with Crippen molar-refractivity contribution in [1.29, 1.82) is 0 Å². The van der Waals surface area contributed by atoms with Crippen molar-refractivity contribution in [1.82, 2.24) is 5.32 Å². The van der Waals surface area contributed by atoms with Gasteiger partial charge in [0.2, 0.25) is 5.91 Å². The van der Waals surface area contributed by atoms with Gasteiger partial charge >= 0.3 is 0 Å². The van der Waals surface area contributed by atoms with E-state index in [1.807, 2.05) is 45.0 Å². The Bertz CT molecular complexity index is 391. The number of nitrogens with two attached hydrogens (primary N) is 1. The van der Waals surface area contributed by atoms with E-state index in [4.69, 9.17) is 5.73 Å². The Morgan fingerprint density at radius 1 is 1.33 bits per heavy atom. The zero-order valence-corrected chi connectivity index (χ0v) is 12.7. The molecule has 0 saturated carbocycles. The zero-order chi connectivity index (χ0) is 13.7. The van der Waals surface area contributed by atoms with Crippen LogP contribution in [0, 0.1) is 5.92 Å². The van der Waals surface area contributed by atoms with Crippen molar-refractivity contribution < 1.29 is 4.79 Å². The Morgan fingerprint density at radius 2 is 1.89 bits per heavy atom. The van der Waals surface area contributed by atoms with Crippen molar-refractivity contribution in [2.75, 3.05) is 0 Å². The molecule has 3 N–H and O–H groups in total. The Hall–Kier alpha value is -0.870. The van der Waals surface area contributed by atoms with Crippen molar-refractivity contribution in [3.05, 3.63) is 34.3 Å². The summed E-state index contributed by atoms with van der Waals surface area (Å²) < 4.78 is 1.03. The fourth-order valence-corrected chi connectivity index (χ4v) is 1.92. The second kappa shape index (κ2) is 6.90. The maximum absolute atomic E-state index is 11.9. The second-order valence-electron chi connectivity index (χ2n) is 4.69. The first-order valence-corrected chi connectivity index (χ1v) is 7.06. The molecule has 4 heteroatoms. The molecule has 0 heterocycles. The third kappa shape index (κ3) is 4.10. The third-order valence-corrected chi connectivity index (χ3v) is 3.82. The smallest absolute Gasteiger partial charge is 0.237 e. The van der Waals surface area contributed by atoms with Crippen LogP contribution in [0.5, 0.6) is 0 Å². The van der Waals surface area contributed by atoms with Crippen molar-refractivity contribution >= 4 is 21.8 Å². The largest absolute Gasteiger partial charge is 0.348 e. The Kier molecular flexibility index (Phi) is 5.82. The summed E-state index contributed by atoms with van der Waals surface area (Å²) in [6, 6.07) is 7.45. The Morgan fingerprint density at radius 3 is 2.39 bits per heavy atom. The van der Waals surface area contributed by atoms with Crippen molar-refractivity contribution in [3.63, 3.8) is 0 Å². The van der Waals surface area contributed by atoms with E-state index < -0.39 is 6.04 Å². The van der Waals surface area contributed by atoms with Gasteiger partial charge in [-0.1, -0.05) is 48.3 Å². The first kappa shape index (κ1) is 15.2. The lowest BCUT2D eigenvalue weighted by Crippen LogP contribution is -2.45. The summed E-state index contributed by atoms with van der Waals surface area (Å²) in [5.74, 6) is 0.113. The Balaban J connectivity index is 2.61. The molecule has 0 aliphatic heterocycles. The molecule has 0 aliphatic carbocycles. The van der Waals surface area contributed by atoms with E-state index in [1.54, 1.807) is 0 Å². The highest BCUT2D eigenvalue weighted by Crippen LogP contribution is 2.17. The van der Waals surface area contributed by atoms with Gasteiger partial charge in [0.1, 0.15) is 0 Å². The average Bonchev–Trinajstić information content (AvgIpc) is 2.37. The minimum atomic E-state index is -0.437. The van der Waals surface area contributed by atoms with E-state index in [0.29, 0.717) is 0 Å². The minimum Gasteiger partial charge on any atom is -0.348 e. The van der Waals surface area contributed by atoms with Gasteiger partial charge in [0, 0.05) is 4.47 Å². The lowest BCUT2D eigenvalue weighted by Gasteiger charge is -2.21. The Labute approximate surface area is 117 Å². The molecule has 0 aromatic heterocycles. The topological polar surface area (TPSA) is 55.1 Å². The van der Waals surface area contributed by atoms with Crippen LogP contribution in [0.4, 0.5) is 0 Å². The maximum Gasteiger partial charge on any atom is 0.237 e. The van der Waals surface area contributed by atoms with Gasteiger partial charge in [0.05, 0.1) is 12.1 Å². The van der Waals surface area contributed by atoms with Crippen LogP contribution < -0.4 is 11.1 Å². The van der Waals surface area contributed by atoms with Crippen molar-refractivity contribution in [2.45, 2.75) is 39.3 Å². The van der Waals surface area contributed by atoms with Gasteiger partial charge in [0.15, 0.2) is 0 Å². The number of halogens is 1. The number of hydrogen-bond donors (Lipinski definition) is 2. The molecule has 0 aliphatic rings. The summed E-state index contributed by atoms with van der Waals surface area (Å²) in [6.45, 7) is 6.00. The van der Waals surface area contributed by atoms with E-state index in [2.05, 4.69) is 21.2 Å². The van der Waals surface area contributed by atoms with Gasteiger partial charge in [-0.15, -0.1) is 0 Å². The first-order valence-electron chi connectivity index (χ1n) is 6.27. The quantitative estimate of drug-likeness (QED) is 0.878. The normalized spacial score (nSPS) is 15.8. The van der Waals surface area contributed by atoms with Gasteiger partial charge in [0.25, 0.3) is 0 Å². The summed E-state index contributed by atoms with van der Waals surface area (Å²) in [7, 11) is 0. The summed E-state index contributed by atoms with van der Waals surface area (Å²) in [5.41, 5.74) is 6.97. The van der Waals surface area contributed by atoms with Crippen LogP contribution in [0.15, 0.2) is 28.7 Å². The number of nitrogens with one attached hydrogen (secondary N) is 1. The number of rotatable bonds is 5. The molecule has 1 amide bonds. The summed E-state index contributed by atoms with van der Waals surface area (Å²) in [6.07, 6.45) is 0.904. The van der Waals surface area contributed by atoms with Crippen LogP contribution in [0.2, 0.25) is 0 Å². The van der Waals surface area contributed by atoms with E-state index in [-0.39, 0.29) is 17.9 Å². The van der Waals surface area contributed by atoms with E-state index in [9.17, 15) is 4.79 Å². The lowest BCUT2D eigenvalue weighted by atomic mass is 9.98. The molecule has 3 nitrogen and oxygen atoms in total. The van der Waals surface area contributed by atoms with E-state index in [0.717, 1.165) is 16.5 Å². The number of amides is 1. The third-order valence-electron chi connectivity index (χ3n) is 3.29. The molecule has 0 fully saturated rings. The van der Waals surface area contributed by atoms with Gasteiger partial charge in [-0.05, 0) is 30.5 Å². The highest BCUT2D eigenvalue weighted by atomic mass is 79.9. The molecule has 0 bridgehead atoms. The van der Waals surface area contributed by atoms with Crippen LogP contribution in [-0.2, 0) is 4.79 Å². The number of benzene rings is 1. The van der Waals surface area contributed by atoms with Crippen molar-refractivity contribution in [3.8, 4) is 0 Å². The maximum atomic E-state index is 11.9. The SMILES string of the molecule is CCC(C)[C@H](N)C(=O)N[C@@H](C)c1ccc(Br)cc1. The second-order valence-corrected chi connectivity index (χ2v) is 5.61. The van der Waals surface area contributed by atoms with Gasteiger partial charge in [-0.2, -0.15) is 0 Å². The highest BCUT2D eigenvalue weighted by molar-refractivity contribution is 9.10. The standard InChI is InChI=1S/C14H21BrN2O/c1-4-9(2)13(16)14(18)17-10(3)11-5-7-12(15)8-6-11/h5-10,13H,4,16H2,1-3H3,(H,17,18)/t9?,10-,13-/m0/s1. The number of carbonyl (C=O) groups is 1. The fraction of sp³-hybridized carbons (Fsp3) is 0.500. The first-order chi connectivity index (χ1) is 8.45. The van der Waals surface area contributed by atoms with E-state index >= 15 is 0 Å². The van der Waals surface area contributed by atoms with Crippen LogP contribution >= 0.6 is 15.9 Å². The summed E-state index contributed by atoms with van der Waals surface area (Å²) in [4.78, 5) is 11.9. The summed E-state index contributed by atoms with van der Waals surface area (Å²) >= 11 is 3.39. The highest BCUT2D eigenvalue weighted by Gasteiger charge is 2.21. The molecule has 0 radical (unpaired) electrons. The van der Waals surface area contributed by atoms with Crippen LogP contribution in [0.1, 0.15) is 38.8 Å². The van der Waals surface area contributed by atoms with E-state index in [1.165, 1.54) is 0 Å². The van der Waals surface area contributed by atoms with Crippen LogP contribution in [0.3, 0.4) is 0 Å². The predicted octanol–water partition coefficient (Wildman–Crippen LogP) is 3.00. The monoisotopic (exact) mass is 312 g/mol. The molecular weight excluding hydrogens is 292 g/mol. The van der Waals surface area contributed by atoms with Crippen molar-refractivity contribution in [2.24, 2.45) is 11.7 Å².